The summed E-state index contributed by atoms with van der Waals surface area (Å²) in [5.74, 6) is -3.66. The molecule has 0 aromatic carbocycles. The Kier molecular flexibility index (Phi) is 5.69. The molecule has 0 aliphatic carbocycles. The van der Waals surface area contributed by atoms with Gasteiger partial charge in [-0.25, -0.2) is 4.79 Å². The Morgan fingerprint density at radius 2 is 1.95 bits per heavy atom. The molecule has 0 bridgehead atoms. The highest BCUT2D eigenvalue weighted by Crippen LogP contribution is 2.20. The topological polar surface area (TPSA) is 124 Å². The standard InChI is InChI=1S/C13H20N2O6/c1-7(2)15-6-8(5-10(15)16)12(19)14-9(13(20)21)3-4-11(17)18/h7-9H,3-6H2,1-2H3,(H,14,19)(H,17,18)(H,20,21)/t8?,9-/m0/s1. The SMILES string of the molecule is CC(C)N1CC(C(=O)N[C@@H](CCC(=O)O)C(=O)O)CC1=O. The Morgan fingerprint density at radius 1 is 1.33 bits per heavy atom. The number of aliphatic carboxylic acids is 2. The van der Waals surface area contributed by atoms with Gasteiger partial charge in [0.25, 0.3) is 0 Å². The Morgan fingerprint density at radius 3 is 2.38 bits per heavy atom. The van der Waals surface area contributed by atoms with Crippen molar-refractivity contribution in [3.8, 4) is 0 Å². The third-order valence-electron chi connectivity index (χ3n) is 3.41. The van der Waals surface area contributed by atoms with E-state index < -0.39 is 29.8 Å². The zero-order valence-corrected chi connectivity index (χ0v) is 12.0. The maximum Gasteiger partial charge on any atom is 0.326 e. The lowest BCUT2D eigenvalue weighted by atomic mass is 10.1. The van der Waals surface area contributed by atoms with Crippen molar-refractivity contribution in [1.82, 2.24) is 10.2 Å². The molecule has 0 spiro atoms. The fraction of sp³-hybridized carbons (Fsp3) is 0.692. The van der Waals surface area contributed by atoms with E-state index in [-0.39, 0.29) is 37.8 Å². The van der Waals surface area contributed by atoms with E-state index in [0.29, 0.717) is 0 Å². The van der Waals surface area contributed by atoms with Gasteiger partial charge in [0, 0.05) is 25.4 Å². The smallest absolute Gasteiger partial charge is 0.326 e. The van der Waals surface area contributed by atoms with Crippen LogP contribution in [0.1, 0.15) is 33.1 Å². The number of carbonyl (C=O) groups excluding carboxylic acids is 2. The number of likely N-dealkylation sites (tertiary alicyclic amines) is 1. The van der Waals surface area contributed by atoms with Crippen LogP contribution >= 0.6 is 0 Å². The predicted molar refractivity (Wildman–Crippen MR) is 71.4 cm³/mol. The molecule has 0 aromatic rings. The van der Waals surface area contributed by atoms with Crippen LogP contribution in [0.2, 0.25) is 0 Å². The molecule has 118 valence electrons. The van der Waals surface area contributed by atoms with E-state index >= 15 is 0 Å². The van der Waals surface area contributed by atoms with Gasteiger partial charge in [0.05, 0.1) is 5.92 Å². The number of nitrogens with one attached hydrogen (secondary N) is 1. The number of amides is 2. The molecule has 1 aliphatic rings. The van der Waals surface area contributed by atoms with Crippen molar-refractivity contribution in [3.63, 3.8) is 0 Å². The molecule has 1 rings (SSSR count). The second kappa shape index (κ2) is 7.05. The molecule has 8 heteroatoms. The van der Waals surface area contributed by atoms with E-state index in [4.69, 9.17) is 10.2 Å². The third-order valence-corrected chi connectivity index (χ3v) is 3.41. The molecule has 1 heterocycles. The summed E-state index contributed by atoms with van der Waals surface area (Å²) >= 11 is 0. The van der Waals surface area contributed by atoms with Crippen LogP contribution < -0.4 is 5.32 Å². The van der Waals surface area contributed by atoms with Gasteiger partial charge in [-0.2, -0.15) is 0 Å². The zero-order valence-electron chi connectivity index (χ0n) is 12.0. The molecule has 1 saturated heterocycles. The second-order valence-corrected chi connectivity index (χ2v) is 5.37. The number of hydrogen-bond acceptors (Lipinski definition) is 4. The minimum absolute atomic E-state index is 0.0161. The van der Waals surface area contributed by atoms with Crippen molar-refractivity contribution in [2.45, 2.75) is 45.2 Å². The molecule has 21 heavy (non-hydrogen) atoms. The summed E-state index contributed by atoms with van der Waals surface area (Å²) < 4.78 is 0. The van der Waals surface area contributed by atoms with Gasteiger partial charge < -0.3 is 20.4 Å². The molecule has 2 atom stereocenters. The summed E-state index contributed by atoms with van der Waals surface area (Å²) in [6, 6.07) is -1.27. The van der Waals surface area contributed by atoms with Gasteiger partial charge in [0.2, 0.25) is 11.8 Å². The third kappa shape index (κ3) is 4.73. The van der Waals surface area contributed by atoms with Crippen LogP contribution in [0.25, 0.3) is 0 Å². The fourth-order valence-electron chi connectivity index (χ4n) is 2.22. The second-order valence-electron chi connectivity index (χ2n) is 5.37. The molecular weight excluding hydrogens is 280 g/mol. The van der Waals surface area contributed by atoms with Crippen LogP contribution in [0.3, 0.4) is 0 Å². The van der Waals surface area contributed by atoms with Crippen molar-refractivity contribution in [2.75, 3.05) is 6.54 Å². The van der Waals surface area contributed by atoms with Crippen molar-refractivity contribution < 1.29 is 29.4 Å². The average Bonchev–Trinajstić information content (AvgIpc) is 2.75. The number of nitrogens with zero attached hydrogens (tertiary/aromatic N) is 1. The number of rotatable bonds is 7. The fourth-order valence-corrected chi connectivity index (χ4v) is 2.22. The van der Waals surface area contributed by atoms with Crippen LogP contribution in [0, 0.1) is 5.92 Å². The van der Waals surface area contributed by atoms with E-state index in [2.05, 4.69) is 5.32 Å². The van der Waals surface area contributed by atoms with E-state index in [1.165, 1.54) is 0 Å². The minimum Gasteiger partial charge on any atom is -0.481 e. The summed E-state index contributed by atoms with van der Waals surface area (Å²) in [7, 11) is 0. The largest absolute Gasteiger partial charge is 0.481 e. The van der Waals surface area contributed by atoms with Gasteiger partial charge >= 0.3 is 11.9 Å². The van der Waals surface area contributed by atoms with E-state index in [9.17, 15) is 19.2 Å². The number of hydrogen-bond donors (Lipinski definition) is 3. The molecular formula is C13H20N2O6. The summed E-state index contributed by atoms with van der Waals surface area (Å²) in [4.78, 5) is 46.8. The zero-order chi connectivity index (χ0) is 16.2. The lowest BCUT2D eigenvalue weighted by molar-refractivity contribution is -0.143. The van der Waals surface area contributed by atoms with Crippen LogP contribution in [-0.2, 0) is 19.2 Å². The van der Waals surface area contributed by atoms with Gasteiger partial charge in [0.15, 0.2) is 0 Å². The highest BCUT2D eigenvalue weighted by atomic mass is 16.4. The van der Waals surface area contributed by atoms with Gasteiger partial charge in [-0.3, -0.25) is 14.4 Å². The van der Waals surface area contributed by atoms with E-state index in [1.54, 1.807) is 4.90 Å². The van der Waals surface area contributed by atoms with Gasteiger partial charge in [-0.05, 0) is 20.3 Å². The Bertz CT molecular complexity index is 448. The summed E-state index contributed by atoms with van der Waals surface area (Å²) in [5, 5.41) is 19.9. The summed E-state index contributed by atoms with van der Waals surface area (Å²) in [5.41, 5.74) is 0. The van der Waals surface area contributed by atoms with Crippen molar-refractivity contribution in [3.05, 3.63) is 0 Å². The molecule has 0 saturated carbocycles. The first-order valence-corrected chi connectivity index (χ1v) is 6.76. The maximum atomic E-state index is 12.0. The van der Waals surface area contributed by atoms with E-state index in [0.717, 1.165) is 0 Å². The molecule has 1 aliphatic heterocycles. The van der Waals surface area contributed by atoms with Crippen molar-refractivity contribution >= 4 is 23.8 Å². The monoisotopic (exact) mass is 300 g/mol. The minimum atomic E-state index is -1.28. The first kappa shape index (κ1) is 16.9. The average molecular weight is 300 g/mol. The molecule has 0 radical (unpaired) electrons. The summed E-state index contributed by atoms with van der Waals surface area (Å²) in [6.07, 6.45) is -0.487. The quantitative estimate of drug-likeness (QED) is 0.592. The Hall–Kier alpha value is -2.12. The normalized spacial score (nSPS) is 19.7. The first-order chi connectivity index (χ1) is 9.72. The van der Waals surface area contributed by atoms with Crippen LogP contribution in [0.5, 0.6) is 0 Å². The molecule has 2 amide bonds. The highest BCUT2D eigenvalue weighted by Gasteiger charge is 2.36. The predicted octanol–water partition coefficient (Wildman–Crippen LogP) is -0.322. The lowest BCUT2D eigenvalue weighted by Gasteiger charge is -2.21. The highest BCUT2D eigenvalue weighted by molar-refractivity contribution is 5.91. The number of carboxylic acid groups (broad SMARTS) is 2. The molecule has 3 N–H and O–H groups in total. The van der Waals surface area contributed by atoms with Crippen LogP contribution in [-0.4, -0.2) is 57.5 Å². The van der Waals surface area contributed by atoms with Crippen molar-refractivity contribution in [2.24, 2.45) is 5.92 Å². The van der Waals surface area contributed by atoms with Crippen molar-refractivity contribution in [1.29, 1.82) is 0 Å². The molecule has 0 aromatic heterocycles. The Labute approximate surface area is 122 Å². The van der Waals surface area contributed by atoms with Crippen LogP contribution in [0.15, 0.2) is 0 Å². The molecule has 1 fully saturated rings. The van der Waals surface area contributed by atoms with Gasteiger partial charge in [-0.15, -0.1) is 0 Å². The maximum absolute atomic E-state index is 12.0. The van der Waals surface area contributed by atoms with E-state index in [1.807, 2.05) is 13.8 Å². The molecule has 8 nitrogen and oxygen atoms in total. The summed E-state index contributed by atoms with van der Waals surface area (Å²) in [6.45, 7) is 3.93. The lowest BCUT2D eigenvalue weighted by Crippen LogP contribution is -2.44. The number of carboxylic acids is 2. The molecule has 1 unspecified atom stereocenters. The van der Waals surface area contributed by atoms with Gasteiger partial charge in [0.1, 0.15) is 6.04 Å². The number of carbonyl (C=O) groups is 4. The first-order valence-electron chi connectivity index (χ1n) is 6.76. The Balaban J connectivity index is 2.60. The van der Waals surface area contributed by atoms with Gasteiger partial charge in [-0.1, -0.05) is 0 Å². The van der Waals surface area contributed by atoms with Crippen LogP contribution in [0.4, 0.5) is 0 Å².